The van der Waals surface area contributed by atoms with Crippen molar-refractivity contribution >= 4 is 27.5 Å². The van der Waals surface area contributed by atoms with Crippen LogP contribution < -0.4 is 10.0 Å². The highest BCUT2D eigenvalue weighted by atomic mass is 35.5. The molecule has 0 atom stereocenters. The summed E-state index contributed by atoms with van der Waals surface area (Å²) >= 11 is 5.50. The summed E-state index contributed by atoms with van der Waals surface area (Å²) < 4.78 is 25.6. The summed E-state index contributed by atoms with van der Waals surface area (Å²) in [7, 11) is -3.28. The minimum absolute atomic E-state index is 0.0611. The van der Waals surface area contributed by atoms with E-state index in [0.29, 0.717) is 24.3 Å². The quantitative estimate of drug-likeness (QED) is 0.533. The first-order valence-corrected chi connectivity index (χ1v) is 9.01. The highest BCUT2D eigenvalue weighted by Crippen LogP contribution is 2.02. The van der Waals surface area contributed by atoms with Crippen molar-refractivity contribution in [2.75, 3.05) is 24.7 Å². The van der Waals surface area contributed by atoms with Crippen LogP contribution in [0.5, 0.6) is 0 Å². The Labute approximate surface area is 131 Å². The van der Waals surface area contributed by atoms with E-state index in [-0.39, 0.29) is 24.7 Å². The molecule has 1 aromatic carbocycles. The zero-order valence-electron chi connectivity index (χ0n) is 12.1. The van der Waals surface area contributed by atoms with E-state index in [1.165, 1.54) is 0 Å². The monoisotopic (exact) mass is 332 g/mol. The lowest BCUT2D eigenvalue weighted by atomic mass is 10.1. The van der Waals surface area contributed by atoms with Crippen molar-refractivity contribution in [1.29, 1.82) is 0 Å². The van der Waals surface area contributed by atoms with E-state index in [2.05, 4.69) is 10.0 Å². The molecule has 1 amide bonds. The predicted molar refractivity (Wildman–Crippen MR) is 85.3 cm³/mol. The van der Waals surface area contributed by atoms with Gasteiger partial charge in [-0.3, -0.25) is 4.79 Å². The molecule has 0 spiro atoms. The molecule has 0 aromatic heterocycles. The molecule has 0 radical (unpaired) electrons. The highest BCUT2D eigenvalue weighted by molar-refractivity contribution is 7.89. The lowest BCUT2D eigenvalue weighted by molar-refractivity contribution is 0.0954. The first kappa shape index (κ1) is 17.9. The van der Waals surface area contributed by atoms with Crippen LogP contribution >= 0.6 is 11.6 Å². The number of halogens is 1. The maximum Gasteiger partial charge on any atom is 0.251 e. The van der Waals surface area contributed by atoms with Gasteiger partial charge in [-0.1, -0.05) is 17.7 Å². The number of carbonyl (C=O) groups is 1. The van der Waals surface area contributed by atoms with Gasteiger partial charge in [0.05, 0.1) is 5.75 Å². The molecule has 0 aliphatic heterocycles. The largest absolute Gasteiger partial charge is 0.351 e. The Kier molecular flexibility index (Phi) is 7.71. The number of benzene rings is 1. The van der Waals surface area contributed by atoms with Crippen LogP contribution in [0.3, 0.4) is 0 Å². The smallest absolute Gasteiger partial charge is 0.251 e. The van der Waals surface area contributed by atoms with Crippen molar-refractivity contribution in [1.82, 2.24) is 10.0 Å². The Morgan fingerprint density at radius 3 is 2.43 bits per heavy atom. The fraction of sp³-hybridized carbons (Fsp3) is 0.500. The van der Waals surface area contributed by atoms with Gasteiger partial charge >= 0.3 is 0 Å². The van der Waals surface area contributed by atoms with E-state index in [9.17, 15) is 13.2 Å². The number of sulfonamides is 1. The molecule has 0 unspecified atom stereocenters. The molecule has 0 aliphatic carbocycles. The summed E-state index contributed by atoms with van der Waals surface area (Å²) in [6, 6.07) is 7.19. The van der Waals surface area contributed by atoms with Crippen LogP contribution in [-0.2, 0) is 10.0 Å². The van der Waals surface area contributed by atoms with E-state index in [1.807, 2.05) is 19.1 Å². The van der Waals surface area contributed by atoms with Crippen molar-refractivity contribution in [2.45, 2.75) is 19.8 Å². The summed E-state index contributed by atoms with van der Waals surface area (Å²) in [5.41, 5.74) is 1.64. The lowest BCUT2D eigenvalue weighted by Gasteiger charge is -2.08. The van der Waals surface area contributed by atoms with E-state index in [0.717, 1.165) is 5.56 Å². The number of unbranched alkanes of at least 4 members (excludes halogenated alkanes) is 1. The predicted octanol–water partition coefficient (Wildman–Crippen LogP) is 1.66. The van der Waals surface area contributed by atoms with Gasteiger partial charge in [0.25, 0.3) is 5.91 Å². The van der Waals surface area contributed by atoms with Crippen molar-refractivity contribution in [3.63, 3.8) is 0 Å². The Hall–Kier alpha value is -1.11. The first-order valence-electron chi connectivity index (χ1n) is 6.83. The minimum Gasteiger partial charge on any atom is -0.351 e. The van der Waals surface area contributed by atoms with Gasteiger partial charge in [-0.2, -0.15) is 0 Å². The summed E-state index contributed by atoms with van der Waals surface area (Å²) in [4.78, 5) is 11.8. The van der Waals surface area contributed by atoms with Gasteiger partial charge in [0.1, 0.15) is 0 Å². The number of carbonyl (C=O) groups excluding carboxylic acids is 1. The lowest BCUT2D eigenvalue weighted by Crippen LogP contribution is -2.35. The number of aryl methyl sites for hydroxylation is 1. The molecule has 0 saturated carbocycles. The van der Waals surface area contributed by atoms with Crippen molar-refractivity contribution < 1.29 is 13.2 Å². The maximum absolute atomic E-state index is 11.8. The second kappa shape index (κ2) is 9.02. The number of alkyl halides is 1. The van der Waals surface area contributed by atoms with Gasteiger partial charge in [0.15, 0.2) is 0 Å². The van der Waals surface area contributed by atoms with Crippen LogP contribution in [0, 0.1) is 6.92 Å². The van der Waals surface area contributed by atoms with Crippen LogP contribution in [0.1, 0.15) is 28.8 Å². The third kappa shape index (κ3) is 7.45. The summed E-state index contributed by atoms with van der Waals surface area (Å²) in [6.45, 7) is 2.38. The summed E-state index contributed by atoms with van der Waals surface area (Å²) in [5, 5.41) is 2.67. The Morgan fingerprint density at radius 1 is 1.14 bits per heavy atom. The van der Waals surface area contributed by atoms with Crippen LogP contribution in [0.2, 0.25) is 0 Å². The number of amides is 1. The molecule has 1 aromatic rings. The molecule has 1 rings (SSSR count). The molecule has 0 fully saturated rings. The molecule has 7 heteroatoms. The number of hydrogen-bond donors (Lipinski definition) is 2. The molecule has 5 nitrogen and oxygen atoms in total. The fourth-order valence-corrected chi connectivity index (χ4v) is 2.98. The Morgan fingerprint density at radius 2 is 1.81 bits per heavy atom. The molecular weight excluding hydrogens is 312 g/mol. The fourth-order valence-electron chi connectivity index (χ4n) is 1.65. The molecule has 0 aliphatic rings. The minimum atomic E-state index is -3.28. The van der Waals surface area contributed by atoms with E-state index >= 15 is 0 Å². The van der Waals surface area contributed by atoms with Crippen molar-refractivity contribution in [2.24, 2.45) is 0 Å². The average molecular weight is 333 g/mol. The third-order valence-electron chi connectivity index (χ3n) is 2.84. The molecule has 21 heavy (non-hydrogen) atoms. The van der Waals surface area contributed by atoms with Gasteiger partial charge in [0, 0.05) is 24.5 Å². The first-order chi connectivity index (χ1) is 9.94. The molecule has 0 saturated heterocycles. The van der Waals surface area contributed by atoms with Gasteiger partial charge in [-0.25, -0.2) is 13.1 Å². The second-order valence-corrected chi connectivity index (χ2v) is 7.04. The maximum atomic E-state index is 11.8. The van der Waals surface area contributed by atoms with Crippen LogP contribution in [0.15, 0.2) is 24.3 Å². The topological polar surface area (TPSA) is 75.3 Å². The number of nitrogens with one attached hydrogen (secondary N) is 2. The summed E-state index contributed by atoms with van der Waals surface area (Å²) in [6.07, 6.45) is 1.21. The van der Waals surface area contributed by atoms with E-state index in [1.54, 1.807) is 12.1 Å². The van der Waals surface area contributed by atoms with E-state index < -0.39 is 10.0 Å². The molecule has 2 N–H and O–H groups in total. The van der Waals surface area contributed by atoms with Crippen LogP contribution in [0.25, 0.3) is 0 Å². The zero-order chi connectivity index (χ0) is 15.7. The van der Waals surface area contributed by atoms with Gasteiger partial charge in [-0.05, 0) is 31.9 Å². The Balaban J connectivity index is 2.27. The van der Waals surface area contributed by atoms with E-state index in [4.69, 9.17) is 11.6 Å². The van der Waals surface area contributed by atoms with Gasteiger partial charge in [0.2, 0.25) is 10.0 Å². The van der Waals surface area contributed by atoms with Gasteiger partial charge < -0.3 is 5.32 Å². The normalized spacial score (nSPS) is 11.3. The number of rotatable bonds is 9. The van der Waals surface area contributed by atoms with Crippen LogP contribution in [0.4, 0.5) is 0 Å². The van der Waals surface area contributed by atoms with Crippen LogP contribution in [-0.4, -0.2) is 39.0 Å². The molecule has 0 bridgehead atoms. The van der Waals surface area contributed by atoms with Gasteiger partial charge in [-0.15, -0.1) is 11.6 Å². The molecular formula is C14H21ClN2O3S. The average Bonchev–Trinajstić information content (AvgIpc) is 2.44. The molecule has 0 heterocycles. The Bertz CT molecular complexity index is 544. The summed E-state index contributed by atoms with van der Waals surface area (Å²) in [5.74, 6) is 0.310. The zero-order valence-corrected chi connectivity index (χ0v) is 13.6. The second-order valence-electron chi connectivity index (χ2n) is 4.73. The standard InChI is InChI=1S/C14H21ClN2O3S/c1-12-4-6-13(7-5-12)14(18)16-9-10-17-21(19,20)11-3-2-8-15/h4-7,17H,2-3,8-11H2,1H3,(H,16,18). The highest BCUT2D eigenvalue weighted by Gasteiger charge is 2.09. The number of hydrogen-bond acceptors (Lipinski definition) is 3. The van der Waals surface area contributed by atoms with Crippen molar-refractivity contribution in [3.8, 4) is 0 Å². The van der Waals surface area contributed by atoms with Crippen molar-refractivity contribution in [3.05, 3.63) is 35.4 Å². The third-order valence-corrected chi connectivity index (χ3v) is 4.58. The molecule has 118 valence electrons. The SMILES string of the molecule is Cc1ccc(C(=O)NCCNS(=O)(=O)CCCCCl)cc1.